The monoisotopic (exact) mass is 237 g/mol. The summed E-state index contributed by atoms with van der Waals surface area (Å²) in [4.78, 5) is 7.01. The van der Waals surface area contributed by atoms with Crippen LogP contribution in [0, 0.1) is 0 Å². The maximum Gasteiger partial charge on any atom is 0.103 e. The zero-order chi connectivity index (χ0) is 11.4. The molecule has 0 aromatic carbocycles. The van der Waals surface area contributed by atoms with E-state index in [4.69, 9.17) is 22.7 Å². The van der Waals surface area contributed by atoms with E-state index in [9.17, 15) is 0 Å². The Morgan fingerprint density at radius 2 is 2.19 bits per heavy atom. The minimum Gasteiger partial charge on any atom is -0.392 e. The molecule has 4 nitrogen and oxygen atoms in total. The maximum absolute atomic E-state index is 5.81. The zero-order valence-electron chi connectivity index (χ0n) is 9.00. The quantitative estimate of drug-likeness (QED) is 0.786. The first-order chi connectivity index (χ1) is 7.79. The third-order valence-electron chi connectivity index (χ3n) is 2.65. The highest BCUT2D eigenvalue weighted by molar-refractivity contribution is 7.80. The second-order valence-electron chi connectivity index (χ2n) is 3.71. The van der Waals surface area contributed by atoms with Gasteiger partial charge in [-0.2, -0.15) is 0 Å². The summed E-state index contributed by atoms with van der Waals surface area (Å²) < 4.78 is 5.32. The van der Waals surface area contributed by atoms with Crippen LogP contribution in [0.2, 0.25) is 0 Å². The van der Waals surface area contributed by atoms with Gasteiger partial charge in [0.05, 0.1) is 23.9 Å². The predicted molar refractivity (Wildman–Crippen MR) is 66.2 cm³/mol. The third-order valence-corrected chi connectivity index (χ3v) is 2.87. The van der Waals surface area contributed by atoms with Crippen LogP contribution in [0.3, 0.4) is 0 Å². The van der Waals surface area contributed by atoms with Crippen LogP contribution >= 0.6 is 12.2 Å². The standard InChI is InChI=1S/C11H15N3OS/c12-11(16)10(9-3-1-2-4-13-9)14-5-7-15-8-6-14/h1-4,10H,5-8H2,(H2,12,16). The van der Waals surface area contributed by atoms with E-state index >= 15 is 0 Å². The normalized spacial score (nSPS) is 19.2. The molecule has 1 unspecified atom stereocenters. The Hall–Kier alpha value is -1.04. The molecule has 0 radical (unpaired) electrons. The molecule has 1 aliphatic rings. The van der Waals surface area contributed by atoms with Crippen molar-refractivity contribution in [1.82, 2.24) is 9.88 Å². The van der Waals surface area contributed by atoms with Gasteiger partial charge in [-0.15, -0.1) is 0 Å². The molecular formula is C11H15N3OS. The number of ether oxygens (including phenoxy) is 1. The van der Waals surface area contributed by atoms with Crippen molar-refractivity contribution >= 4 is 17.2 Å². The SMILES string of the molecule is NC(=S)C(c1ccccn1)N1CCOCC1. The molecule has 2 N–H and O–H groups in total. The first kappa shape index (κ1) is 11.4. The van der Waals surface area contributed by atoms with Crippen LogP contribution in [0.5, 0.6) is 0 Å². The highest BCUT2D eigenvalue weighted by Crippen LogP contribution is 2.19. The minimum atomic E-state index is -0.0694. The summed E-state index contributed by atoms with van der Waals surface area (Å²) in [5, 5.41) is 0. The van der Waals surface area contributed by atoms with Crippen LogP contribution in [0.1, 0.15) is 11.7 Å². The molecule has 0 spiro atoms. The summed E-state index contributed by atoms with van der Waals surface area (Å²) in [7, 11) is 0. The van der Waals surface area contributed by atoms with E-state index < -0.39 is 0 Å². The smallest absolute Gasteiger partial charge is 0.103 e. The van der Waals surface area contributed by atoms with Crippen molar-refractivity contribution in [2.75, 3.05) is 26.3 Å². The third kappa shape index (κ3) is 2.55. The molecule has 1 fully saturated rings. The largest absolute Gasteiger partial charge is 0.392 e. The lowest BCUT2D eigenvalue weighted by atomic mass is 10.1. The molecular weight excluding hydrogens is 222 g/mol. The maximum atomic E-state index is 5.81. The van der Waals surface area contributed by atoms with Gasteiger partial charge in [0.15, 0.2) is 0 Å². The molecule has 86 valence electrons. The van der Waals surface area contributed by atoms with Crippen LogP contribution in [0.15, 0.2) is 24.4 Å². The molecule has 1 aliphatic heterocycles. The van der Waals surface area contributed by atoms with Crippen molar-refractivity contribution in [1.29, 1.82) is 0 Å². The molecule has 2 rings (SSSR count). The van der Waals surface area contributed by atoms with Crippen LogP contribution in [0.25, 0.3) is 0 Å². The van der Waals surface area contributed by atoms with Gasteiger partial charge in [-0.1, -0.05) is 18.3 Å². The lowest BCUT2D eigenvalue weighted by Gasteiger charge is -2.33. The fourth-order valence-corrected chi connectivity index (χ4v) is 2.16. The first-order valence-electron chi connectivity index (χ1n) is 5.31. The highest BCUT2D eigenvalue weighted by Gasteiger charge is 2.25. The van der Waals surface area contributed by atoms with Crippen LogP contribution < -0.4 is 5.73 Å². The second kappa shape index (κ2) is 5.34. The average molecular weight is 237 g/mol. The summed E-state index contributed by atoms with van der Waals surface area (Å²) in [6.45, 7) is 3.15. The van der Waals surface area contributed by atoms with E-state index in [0.717, 1.165) is 32.0 Å². The fourth-order valence-electron chi connectivity index (χ4n) is 1.89. The van der Waals surface area contributed by atoms with Crippen LogP contribution in [0.4, 0.5) is 0 Å². The number of hydrogen-bond acceptors (Lipinski definition) is 4. The van der Waals surface area contributed by atoms with Gasteiger partial charge in [0.2, 0.25) is 0 Å². The Balaban J connectivity index is 2.20. The van der Waals surface area contributed by atoms with Crippen LogP contribution in [-0.4, -0.2) is 41.2 Å². The Morgan fingerprint density at radius 3 is 2.75 bits per heavy atom. The number of morpholine rings is 1. The van der Waals surface area contributed by atoms with Crippen molar-refractivity contribution in [3.63, 3.8) is 0 Å². The second-order valence-corrected chi connectivity index (χ2v) is 4.18. The lowest BCUT2D eigenvalue weighted by Crippen LogP contribution is -2.44. The van der Waals surface area contributed by atoms with Crippen molar-refractivity contribution < 1.29 is 4.74 Å². The topological polar surface area (TPSA) is 51.4 Å². The van der Waals surface area contributed by atoms with E-state index in [2.05, 4.69) is 9.88 Å². The van der Waals surface area contributed by atoms with Gasteiger partial charge in [-0.3, -0.25) is 9.88 Å². The van der Waals surface area contributed by atoms with Crippen molar-refractivity contribution in [3.05, 3.63) is 30.1 Å². The van der Waals surface area contributed by atoms with E-state index in [1.807, 2.05) is 18.2 Å². The Kier molecular flexibility index (Phi) is 3.82. The van der Waals surface area contributed by atoms with Crippen molar-refractivity contribution in [3.8, 4) is 0 Å². The molecule has 2 heterocycles. The number of nitrogens with two attached hydrogens (primary N) is 1. The van der Waals surface area contributed by atoms with Gasteiger partial charge in [0.25, 0.3) is 0 Å². The van der Waals surface area contributed by atoms with Gasteiger partial charge in [-0.05, 0) is 12.1 Å². The van der Waals surface area contributed by atoms with Gasteiger partial charge in [-0.25, -0.2) is 0 Å². The Labute approximate surface area is 100 Å². The zero-order valence-corrected chi connectivity index (χ0v) is 9.82. The number of nitrogens with zero attached hydrogens (tertiary/aromatic N) is 2. The number of hydrogen-bond donors (Lipinski definition) is 1. The van der Waals surface area contributed by atoms with Gasteiger partial charge < -0.3 is 10.5 Å². The van der Waals surface area contributed by atoms with Gasteiger partial charge in [0, 0.05) is 19.3 Å². The average Bonchev–Trinajstić information content (AvgIpc) is 2.31. The molecule has 0 bridgehead atoms. The van der Waals surface area contributed by atoms with Gasteiger partial charge >= 0.3 is 0 Å². The molecule has 0 aliphatic carbocycles. The highest BCUT2D eigenvalue weighted by atomic mass is 32.1. The van der Waals surface area contributed by atoms with E-state index in [0.29, 0.717) is 4.99 Å². The Morgan fingerprint density at radius 1 is 1.44 bits per heavy atom. The van der Waals surface area contributed by atoms with Crippen molar-refractivity contribution in [2.45, 2.75) is 6.04 Å². The summed E-state index contributed by atoms with van der Waals surface area (Å²) in [6.07, 6.45) is 1.76. The molecule has 0 amide bonds. The summed E-state index contributed by atoms with van der Waals surface area (Å²) in [5.74, 6) is 0. The molecule has 5 heteroatoms. The molecule has 1 atom stereocenters. The summed E-state index contributed by atoms with van der Waals surface area (Å²) in [6, 6.07) is 5.73. The van der Waals surface area contributed by atoms with E-state index in [1.165, 1.54) is 0 Å². The Bertz CT molecular complexity index is 352. The van der Waals surface area contributed by atoms with Crippen molar-refractivity contribution in [2.24, 2.45) is 5.73 Å². The molecule has 1 saturated heterocycles. The number of pyridine rings is 1. The number of rotatable bonds is 3. The van der Waals surface area contributed by atoms with Gasteiger partial charge in [0.1, 0.15) is 6.04 Å². The van der Waals surface area contributed by atoms with Crippen LogP contribution in [-0.2, 0) is 4.74 Å². The fraction of sp³-hybridized carbons (Fsp3) is 0.455. The number of aromatic nitrogens is 1. The molecule has 0 saturated carbocycles. The molecule has 16 heavy (non-hydrogen) atoms. The summed E-state index contributed by atoms with van der Waals surface area (Å²) in [5.41, 5.74) is 6.72. The summed E-state index contributed by atoms with van der Waals surface area (Å²) >= 11 is 5.14. The first-order valence-corrected chi connectivity index (χ1v) is 5.72. The molecule has 1 aromatic heterocycles. The van der Waals surface area contributed by atoms with E-state index in [-0.39, 0.29) is 6.04 Å². The predicted octanol–water partition coefficient (Wildman–Crippen LogP) is 0.741. The molecule has 1 aromatic rings. The number of thiocarbonyl (C=S) groups is 1. The minimum absolute atomic E-state index is 0.0694. The van der Waals surface area contributed by atoms with E-state index in [1.54, 1.807) is 6.20 Å². The lowest BCUT2D eigenvalue weighted by molar-refractivity contribution is 0.0282.